The van der Waals surface area contributed by atoms with Crippen molar-refractivity contribution >= 4 is 17.9 Å². The third kappa shape index (κ3) is 4.56. The maximum Gasteiger partial charge on any atom is 0.354 e. The summed E-state index contributed by atoms with van der Waals surface area (Å²) in [5.74, 6) is -1.70. The zero-order valence-electron chi connectivity index (χ0n) is 11.0. The van der Waals surface area contributed by atoms with Crippen molar-refractivity contribution < 1.29 is 19.5 Å². The number of pyridine rings is 1. The van der Waals surface area contributed by atoms with E-state index in [-0.39, 0.29) is 18.8 Å². The van der Waals surface area contributed by atoms with E-state index < -0.39 is 17.9 Å². The lowest BCUT2D eigenvalue weighted by molar-refractivity contribution is -0.118. The second kappa shape index (κ2) is 7.07. The van der Waals surface area contributed by atoms with Gasteiger partial charge in [0.1, 0.15) is 12.2 Å². The number of carboxylic acids is 1. The molecule has 8 heteroatoms. The summed E-state index contributed by atoms with van der Waals surface area (Å²) in [6.07, 6.45) is 1.37. The number of aromatic nitrogens is 1. The number of urea groups is 1. The van der Waals surface area contributed by atoms with E-state index >= 15 is 0 Å². The molecule has 0 aromatic carbocycles. The Labute approximate surface area is 115 Å². The van der Waals surface area contributed by atoms with E-state index in [2.05, 4.69) is 10.3 Å². The standard InChI is InChI=1S/C12H16N4O4/c1-2-16(7-10(13)17)12(20)15-6-8-3-4-9(11(18)19)14-5-8/h3-5H,2,6-7H2,1H3,(H2,13,17)(H,15,20)(H,18,19). The van der Waals surface area contributed by atoms with Gasteiger partial charge in [0.25, 0.3) is 0 Å². The average molecular weight is 280 g/mol. The number of carbonyl (C=O) groups is 3. The number of nitrogens with two attached hydrogens (primary N) is 1. The normalized spacial score (nSPS) is 9.85. The number of hydrogen-bond donors (Lipinski definition) is 3. The molecule has 1 aromatic rings. The fourth-order valence-electron chi connectivity index (χ4n) is 1.46. The van der Waals surface area contributed by atoms with Crippen molar-refractivity contribution in [3.63, 3.8) is 0 Å². The van der Waals surface area contributed by atoms with Gasteiger partial charge in [-0.1, -0.05) is 6.07 Å². The summed E-state index contributed by atoms with van der Waals surface area (Å²) in [4.78, 5) is 38.2. The van der Waals surface area contributed by atoms with Crippen LogP contribution >= 0.6 is 0 Å². The molecule has 0 atom stereocenters. The number of nitrogens with one attached hydrogen (secondary N) is 1. The Bertz CT molecular complexity index is 501. The molecule has 0 spiro atoms. The predicted octanol–water partition coefficient (Wildman–Crippen LogP) is -0.203. The van der Waals surface area contributed by atoms with E-state index in [0.717, 1.165) is 0 Å². The minimum atomic E-state index is -1.11. The van der Waals surface area contributed by atoms with Crippen LogP contribution in [0.15, 0.2) is 18.3 Å². The Morgan fingerprint density at radius 1 is 1.40 bits per heavy atom. The highest BCUT2D eigenvalue weighted by atomic mass is 16.4. The number of likely N-dealkylation sites (N-methyl/N-ethyl adjacent to an activating group) is 1. The minimum absolute atomic E-state index is 0.0658. The molecule has 0 radical (unpaired) electrons. The SMILES string of the molecule is CCN(CC(N)=O)C(=O)NCc1ccc(C(=O)O)nc1. The molecule has 0 aliphatic rings. The second-order valence-corrected chi connectivity index (χ2v) is 4.00. The van der Waals surface area contributed by atoms with Crippen molar-refractivity contribution in [2.24, 2.45) is 5.73 Å². The lowest BCUT2D eigenvalue weighted by Crippen LogP contribution is -2.43. The minimum Gasteiger partial charge on any atom is -0.477 e. The number of amides is 3. The van der Waals surface area contributed by atoms with Gasteiger partial charge in [0, 0.05) is 19.3 Å². The molecule has 0 unspecified atom stereocenters. The lowest BCUT2D eigenvalue weighted by Gasteiger charge is -2.19. The Morgan fingerprint density at radius 2 is 2.10 bits per heavy atom. The maximum atomic E-state index is 11.8. The summed E-state index contributed by atoms with van der Waals surface area (Å²) in [5, 5.41) is 11.3. The van der Waals surface area contributed by atoms with E-state index in [1.54, 1.807) is 13.0 Å². The third-order valence-corrected chi connectivity index (χ3v) is 2.50. The van der Waals surface area contributed by atoms with Crippen molar-refractivity contribution in [3.05, 3.63) is 29.6 Å². The van der Waals surface area contributed by atoms with Gasteiger partial charge in [-0.05, 0) is 18.6 Å². The second-order valence-electron chi connectivity index (χ2n) is 4.00. The number of rotatable bonds is 6. The van der Waals surface area contributed by atoms with Crippen LogP contribution in [-0.2, 0) is 11.3 Å². The smallest absolute Gasteiger partial charge is 0.354 e. The molecule has 0 aliphatic carbocycles. The van der Waals surface area contributed by atoms with E-state index in [4.69, 9.17) is 10.8 Å². The summed E-state index contributed by atoms with van der Waals surface area (Å²) in [5.41, 5.74) is 5.62. The number of carboxylic acid groups (broad SMARTS) is 1. The topological polar surface area (TPSA) is 126 Å². The van der Waals surface area contributed by atoms with Crippen LogP contribution in [-0.4, -0.2) is 46.0 Å². The molecule has 0 saturated heterocycles. The number of primary amides is 1. The highest BCUT2D eigenvalue weighted by Crippen LogP contribution is 2.00. The van der Waals surface area contributed by atoms with Gasteiger partial charge in [0.05, 0.1) is 0 Å². The molecule has 0 saturated carbocycles. The number of carbonyl (C=O) groups excluding carboxylic acids is 2. The molecule has 3 amide bonds. The first-order chi connectivity index (χ1) is 9.43. The number of aromatic carboxylic acids is 1. The average Bonchev–Trinajstić information content (AvgIpc) is 2.42. The molecular weight excluding hydrogens is 264 g/mol. The van der Waals surface area contributed by atoms with Crippen LogP contribution in [0.1, 0.15) is 23.0 Å². The van der Waals surface area contributed by atoms with Crippen LogP contribution in [0.4, 0.5) is 4.79 Å². The van der Waals surface area contributed by atoms with Crippen molar-refractivity contribution in [2.45, 2.75) is 13.5 Å². The number of hydrogen-bond acceptors (Lipinski definition) is 4. The first kappa shape index (κ1) is 15.4. The predicted molar refractivity (Wildman–Crippen MR) is 69.9 cm³/mol. The van der Waals surface area contributed by atoms with Crippen LogP contribution < -0.4 is 11.1 Å². The summed E-state index contributed by atoms with van der Waals surface area (Å²) in [7, 11) is 0. The molecule has 108 valence electrons. The Kier molecular flexibility index (Phi) is 5.45. The number of nitrogens with zero attached hydrogens (tertiary/aromatic N) is 2. The van der Waals surface area contributed by atoms with Crippen LogP contribution in [0.3, 0.4) is 0 Å². The van der Waals surface area contributed by atoms with Gasteiger partial charge >= 0.3 is 12.0 Å². The van der Waals surface area contributed by atoms with Gasteiger partial charge in [-0.25, -0.2) is 14.6 Å². The van der Waals surface area contributed by atoms with Crippen LogP contribution in [0.5, 0.6) is 0 Å². The van der Waals surface area contributed by atoms with Gasteiger partial charge in [0.15, 0.2) is 0 Å². The van der Waals surface area contributed by atoms with Crippen molar-refractivity contribution in [1.29, 1.82) is 0 Å². The molecule has 0 aliphatic heterocycles. The monoisotopic (exact) mass is 280 g/mol. The van der Waals surface area contributed by atoms with Gasteiger partial charge in [-0.2, -0.15) is 0 Å². The molecule has 1 heterocycles. The van der Waals surface area contributed by atoms with Gasteiger partial charge in [0.2, 0.25) is 5.91 Å². The van der Waals surface area contributed by atoms with Gasteiger partial charge in [-0.3, -0.25) is 4.79 Å². The fourth-order valence-corrected chi connectivity index (χ4v) is 1.46. The molecule has 1 rings (SSSR count). The molecule has 1 aromatic heterocycles. The fraction of sp³-hybridized carbons (Fsp3) is 0.333. The lowest BCUT2D eigenvalue weighted by atomic mass is 10.2. The maximum absolute atomic E-state index is 11.8. The Balaban J connectivity index is 2.55. The van der Waals surface area contributed by atoms with Crippen LogP contribution in [0.25, 0.3) is 0 Å². The molecule has 0 fully saturated rings. The molecular formula is C12H16N4O4. The van der Waals surface area contributed by atoms with E-state index in [0.29, 0.717) is 12.1 Å². The Hall–Kier alpha value is -2.64. The van der Waals surface area contributed by atoms with Crippen molar-refractivity contribution in [3.8, 4) is 0 Å². The largest absolute Gasteiger partial charge is 0.477 e. The highest BCUT2D eigenvalue weighted by Gasteiger charge is 2.13. The van der Waals surface area contributed by atoms with E-state index in [1.165, 1.54) is 17.2 Å². The first-order valence-electron chi connectivity index (χ1n) is 5.93. The van der Waals surface area contributed by atoms with E-state index in [9.17, 15) is 14.4 Å². The van der Waals surface area contributed by atoms with Crippen molar-refractivity contribution in [1.82, 2.24) is 15.2 Å². The molecule has 20 heavy (non-hydrogen) atoms. The molecule has 0 bridgehead atoms. The van der Waals surface area contributed by atoms with Crippen LogP contribution in [0.2, 0.25) is 0 Å². The van der Waals surface area contributed by atoms with Crippen LogP contribution in [0, 0.1) is 0 Å². The summed E-state index contributed by atoms with van der Waals surface area (Å²) < 4.78 is 0. The van der Waals surface area contributed by atoms with Crippen molar-refractivity contribution in [2.75, 3.05) is 13.1 Å². The quantitative estimate of drug-likeness (QED) is 0.665. The van der Waals surface area contributed by atoms with Gasteiger partial charge in [-0.15, -0.1) is 0 Å². The highest BCUT2D eigenvalue weighted by molar-refractivity contribution is 5.85. The molecule has 4 N–H and O–H groups in total. The third-order valence-electron chi connectivity index (χ3n) is 2.50. The summed E-state index contributed by atoms with van der Waals surface area (Å²) in [6.45, 7) is 2.11. The van der Waals surface area contributed by atoms with E-state index in [1.807, 2.05) is 0 Å². The zero-order chi connectivity index (χ0) is 15.1. The summed E-state index contributed by atoms with van der Waals surface area (Å²) >= 11 is 0. The Morgan fingerprint density at radius 3 is 2.55 bits per heavy atom. The van der Waals surface area contributed by atoms with Gasteiger partial charge < -0.3 is 21.1 Å². The summed E-state index contributed by atoms with van der Waals surface area (Å²) in [6, 6.07) is 2.49. The first-order valence-corrected chi connectivity index (χ1v) is 5.93. The molecule has 8 nitrogen and oxygen atoms in total. The zero-order valence-corrected chi connectivity index (χ0v) is 11.0.